The van der Waals surface area contributed by atoms with Crippen molar-refractivity contribution in [2.24, 2.45) is 0 Å². The molecule has 3 aliphatic rings. The normalized spacial score (nSPS) is 24.5. The molecule has 2 aliphatic heterocycles. The lowest BCUT2D eigenvalue weighted by Crippen LogP contribution is -2.37. The number of benzene rings is 2. The Balaban J connectivity index is 1.67. The van der Waals surface area contributed by atoms with Crippen LogP contribution in [0.3, 0.4) is 0 Å². The van der Waals surface area contributed by atoms with E-state index < -0.39 is 11.6 Å². The zero-order chi connectivity index (χ0) is 19.3. The average molecular weight is 404 g/mol. The molecule has 0 bridgehead atoms. The zero-order valence-corrected chi connectivity index (χ0v) is 16.5. The SMILES string of the molecule is Fc1cc(Cl)cc(F)c1-c1cc(C2CCCCC2)c2c(c1)C1CNCCC1O2. The maximum Gasteiger partial charge on any atom is 0.135 e. The number of piperidine rings is 1. The first-order chi connectivity index (χ1) is 13.6. The molecule has 2 aromatic rings. The number of ether oxygens (including phenoxy) is 1. The van der Waals surface area contributed by atoms with Crippen molar-refractivity contribution in [3.05, 3.63) is 52.0 Å². The van der Waals surface area contributed by atoms with Gasteiger partial charge in [0.05, 0.1) is 5.56 Å². The molecule has 0 amide bonds. The summed E-state index contributed by atoms with van der Waals surface area (Å²) in [5, 5.41) is 3.52. The van der Waals surface area contributed by atoms with Crippen molar-refractivity contribution >= 4 is 11.6 Å². The fourth-order valence-electron chi connectivity index (χ4n) is 5.20. The zero-order valence-electron chi connectivity index (χ0n) is 15.7. The van der Waals surface area contributed by atoms with Crippen LogP contribution < -0.4 is 10.1 Å². The van der Waals surface area contributed by atoms with Crippen LogP contribution in [0.1, 0.15) is 61.5 Å². The van der Waals surface area contributed by atoms with Crippen LogP contribution in [0, 0.1) is 11.6 Å². The first-order valence-electron chi connectivity index (χ1n) is 10.3. The number of hydrogen-bond donors (Lipinski definition) is 1. The van der Waals surface area contributed by atoms with Crippen LogP contribution in [0.2, 0.25) is 5.02 Å². The second-order valence-electron chi connectivity index (χ2n) is 8.32. The van der Waals surface area contributed by atoms with E-state index >= 15 is 0 Å². The van der Waals surface area contributed by atoms with Gasteiger partial charge in [0.2, 0.25) is 0 Å². The number of rotatable bonds is 2. The minimum absolute atomic E-state index is 0.0106. The number of nitrogens with one attached hydrogen (secondary N) is 1. The molecule has 2 aromatic carbocycles. The van der Waals surface area contributed by atoms with Crippen LogP contribution in [0.15, 0.2) is 24.3 Å². The third kappa shape index (κ3) is 3.11. The van der Waals surface area contributed by atoms with E-state index in [4.69, 9.17) is 16.3 Å². The molecule has 5 heteroatoms. The highest BCUT2D eigenvalue weighted by Crippen LogP contribution is 2.49. The highest BCUT2D eigenvalue weighted by Gasteiger charge is 2.39. The van der Waals surface area contributed by atoms with Gasteiger partial charge in [0.25, 0.3) is 0 Å². The fraction of sp³-hybridized carbons (Fsp3) is 0.478. The van der Waals surface area contributed by atoms with E-state index in [0.717, 1.165) is 49.2 Å². The van der Waals surface area contributed by atoms with Crippen LogP contribution >= 0.6 is 11.6 Å². The van der Waals surface area contributed by atoms with Gasteiger partial charge in [-0.15, -0.1) is 0 Å². The van der Waals surface area contributed by atoms with Crippen LogP contribution in [-0.2, 0) is 0 Å². The third-order valence-corrected chi connectivity index (χ3v) is 6.79. The molecule has 0 spiro atoms. The Morgan fingerprint density at radius 2 is 1.64 bits per heavy atom. The van der Waals surface area contributed by atoms with Crippen molar-refractivity contribution in [3.63, 3.8) is 0 Å². The molecule has 2 atom stereocenters. The van der Waals surface area contributed by atoms with Gasteiger partial charge >= 0.3 is 0 Å². The first-order valence-corrected chi connectivity index (χ1v) is 10.7. The Morgan fingerprint density at radius 1 is 0.929 bits per heavy atom. The van der Waals surface area contributed by atoms with Crippen LogP contribution in [-0.4, -0.2) is 19.2 Å². The van der Waals surface area contributed by atoms with Crippen LogP contribution in [0.25, 0.3) is 11.1 Å². The molecule has 1 saturated carbocycles. The van der Waals surface area contributed by atoms with Crippen molar-refractivity contribution in [2.75, 3.05) is 13.1 Å². The maximum atomic E-state index is 14.7. The summed E-state index contributed by atoms with van der Waals surface area (Å²) in [6.07, 6.45) is 6.99. The standard InChI is InChI=1S/C23H24ClF2NO/c24-15-10-19(25)22(20(26)11-15)14-8-16(13-4-2-1-3-5-13)23-17(9-14)18-12-27-7-6-21(18)28-23/h8-11,13,18,21,27H,1-7,12H2. The molecule has 2 unspecified atom stereocenters. The molecule has 1 N–H and O–H groups in total. The Bertz CT molecular complexity index is 887. The van der Waals surface area contributed by atoms with E-state index in [0.29, 0.717) is 11.5 Å². The molecule has 148 valence electrons. The van der Waals surface area contributed by atoms with Crippen molar-refractivity contribution in [3.8, 4) is 16.9 Å². The Morgan fingerprint density at radius 3 is 2.39 bits per heavy atom. The van der Waals surface area contributed by atoms with E-state index in [1.165, 1.54) is 31.4 Å². The molecule has 2 heterocycles. The van der Waals surface area contributed by atoms with Gasteiger partial charge in [0.1, 0.15) is 23.5 Å². The second kappa shape index (κ2) is 7.31. The summed E-state index contributed by atoms with van der Waals surface area (Å²) in [5.41, 5.74) is 2.84. The highest BCUT2D eigenvalue weighted by molar-refractivity contribution is 6.30. The lowest BCUT2D eigenvalue weighted by molar-refractivity contribution is 0.170. The smallest absolute Gasteiger partial charge is 0.135 e. The summed E-state index contributed by atoms with van der Waals surface area (Å²) < 4.78 is 35.8. The van der Waals surface area contributed by atoms with E-state index in [9.17, 15) is 8.78 Å². The largest absolute Gasteiger partial charge is 0.489 e. The first kappa shape index (κ1) is 18.4. The van der Waals surface area contributed by atoms with E-state index in [2.05, 4.69) is 5.32 Å². The summed E-state index contributed by atoms with van der Waals surface area (Å²) in [5.74, 6) is 0.385. The molecule has 2 nitrogen and oxygen atoms in total. The van der Waals surface area contributed by atoms with Crippen molar-refractivity contribution in [1.29, 1.82) is 0 Å². The minimum Gasteiger partial charge on any atom is -0.489 e. The Kier molecular flexibility index (Phi) is 4.80. The van der Waals surface area contributed by atoms with Crippen molar-refractivity contribution < 1.29 is 13.5 Å². The maximum absolute atomic E-state index is 14.7. The summed E-state index contributed by atoms with van der Waals surface area (Å²) in [7, 11) is 0. The predicted molar refractivity (Wildman–Crippen MR) is 107 cm³/mol. The van der Waals surface area contributed by atoms with Crippen LogP contribution in [0.4, 0.5) is 8.78 Å². The van der Waals surface area contributed by atoms with Crippen LogP contribution in [0.5, 0.6) is 5.75 Å². The lowest BCUT2D eigenvalue weighted by Gasteiger charge is -2.25. The van der Waals surface area contributed by atoms with Crippen molar-refractivity contribution in [2.45, 2.75) is 56.5 Å². The van der Waals surface area contributed by atoms with E-state index in [1.54, 1.807) is 0 Å². The summed E-state index contributed by atoms with van der Waals surface area (Å²) in [6, 6.07) is 6.29. The van der Waals surface area contributed by atoms with Gasteiger partial charge in [-0.05, 0) is 67.1 Å². The molecule has 1 aliphatic carbocycles. The van der Waals surface area contributed by atoms with Crippen molar-refractivity contribution in [1.82, 2.24) is 5.32 Å². The second-order valence-corrected chi connectivity index (χ2v) is 8.76. The van der Waals surface area contributed by atoms with Gasteiger partial charge in [-0.2, -0.15) is 0 Å². The fourth-order valence-corrected chi connectivity index (χ4v) is 5.39. The summed E-state index contributed by atoms with van der Waals surface area (Å²) in [6.45, 7) is 1.79. The highest BCUT2D eigenvalue weighted by atomic mass is 35.5. The summed E-state index contributed by atoms with van der Waals surface area (Å²) >= 11 is 5.84. The average Bonchev–Trinajstić information content (AvgIpc) is 3.06. The number of fused-ring (bicyclic) bond motifs is 3. The van der Waals surface area contributed by atoms with E-state index in [-0.39, 0.29) is 22.6 Å². The molecule has 2 fully saturated rings. The topological polar surface area (TPSA) is 21.3 Å². The Hall–Kier alpha value is -1.65. The van der Waals surface area contributed by atoms with Gasteiger partial charge in [0.15, 0.2) is 0 Å². The van der Waals surface area contributed by atoms with E-state index in [1.807, 2.05) is 12.1 Å². The number of halogens is 3. The van der Waals surface area contributed by atoms with Gasteiger partial charge in [-0.1, -0.05) is 30.9 Å². The number of hydrogen-bond acceptors (Lipinski definition) is 2. The molecule has 5 rings (SSSR count). The minimum atomic E-state index is -0.614. The quantitative estimate of drug-likeness (QED) is 0.647. The Labute approximate surface area is 169 Å². The summed E-state index contributed by atoms with van der Waals surface area (Å²) in [4.78, 5) is 0. The predicted octanol–water partition coefficient (Wildman–Crippen LogP) is 6.17. The molecular weight excluding hydrogens is 380 g/mol. The molecule has 0 radical (unpaired) electrons. The monoisotopic (exact) mass is 403 g/mol. The molecular formula is C23H24ClF2NO. The van der Waals surface area contributed by atoms with Gasteiger partial charge in [0, 0.05) is 23.0 Å². The molecule has 28 heavy (non-hydrogen) atoms. The third-order valence-electron chi connectivity index (χ3n) is 6.57. The van der Waals surface area contributed by atoms with Gasteiger partial charge in [-0.3, -0.25) is 0 Å². The van der Waals surface area contributed by atoms with Gasteiger partial charge < -0.3 is 10.1 Å². The lowest BCUT2D eigenvalue weighted by atomic mass is 9.80. The van der Waals surface area contributed by atoms with Gasteiger partial charge in [-0.25, -0.2) is 8.78 Å². The molecule has 1 saturated heterocycles. The molecule has 0 aromatic heterocycles.